The Morgan fingerprint density at radius 2 is 1.63 bits per heavy atom. The second-order valence-electron chi connectivity index (χ2n) is 9.56. The molecule has 38 heavy (non-hydrogen) atoms. The van der Waals surface area contributed by atoms with Crippen LogP contribution in [0.1, 0.15) is 29.0 Å². The summed E-state index contributed by atoms with van der Waals surface area (Å²) < 4.78 is 67.5. The summed E-state index contributed by atoms with van der Waals surface area (Å²) in [4.78, 5) is 14.9. The van der Waals surface area contributed by atoms with Gasteiger partial charge in [-0.05, 0) is 46.4 Å². The van der Waals surface area contributed by atoms with E-state index in [1.807, 2.05) is 36.4 Å². The highest BCUT2D eigenvalue weighted by molar-refractivity contribution is 5.79. The molecule has 9 heteroatoms. The number of fused-ring (bicyclic) bond motifs is 5. The molecule has 3 aromatic carbocycles. The molecule has 2 bridgehead atoms. The number of benzene rings is 3. The first-order valence-corrected chi connectivity index (χ1v) is 12.3. The highest BCUT2D eigenvalue weighted by Crippen LogP contribution is 2.45. The smallest absolute Gasteiger partial charge is 0.448 e. The summed E-state index contributed by atoms with van der Waals surface area (Å²) in [5.74, 6) is -1.53. The molecule has 196 valence electrons. The molecule has 5 nitrogen and oxygen atoms in total. The van der Waals surface area contributed by atoms with Crippen LogP contribution in [0.4, 0.5) is 22.4 Å². The van der Waals surface area contributed by atoms with Gasteiger partial charge in [0.15, 0.2) is 0 Å². The fraction of sp³-hybridized carbons (Fsp3) is 0.276. The summed E-state index contributed by atoms with van der Waals surface area (Å²) in [5, 5.41) is 0. The average Bonchev–Trinajstić information content (AvgIpc) is 3.19. The van der Waals surface area contributed by atoms with Gasteiger partial charge in [-0.25, -0.2) is 9.18 Å². The largest absolute Gasteiger partial charge is 0.573 e. The predicted molar refractivity (Wildman–Crippen MR) is 131 cm³/mol. The third kappa shape index (κ3) is 4.51. The molecule has 1 saturated heterocycles. The Morgan fingerprint density at radius 1 is 0.947 bits per heavy atom. The first kappa shape index (κ1) is 24.5. The lowest BCUT2D eigenvalue weighted by Gasteiger charge is -2.44. The second-order valence-corrected chi connectivity index (χ2v) is 9.56. The van der Waals surface area contributed by atoms with E-state index in [1.54, 1.807) is 11.0 Å². The molecular weight excluding hydrogens is 502 g/mol. The van der Waals surface area contributed by atoms with Gasteiger partial charge >= 0.3 is 12.5 Å². The quantitative estimate of drug-likeness (QED) is 0.364. The Kier molecular flexibility index (Phi) is 6.10. The maximum absolute atomic E-state index is 14.8. The van der Waals surface area contributed by atoms with E-state index in [2.05, 4.69) is 16.9 Å². The molecule has 1 aliphatic carbocycles. The van der Waals surface area contributed by atoms with Crippen LogP contribution in [-0.4, -0.2) is 49.3 Å². The van der Waals surface area contributed by atoms with Crippen molar-refractivity contribution in [2.24, 2.45) is 0 Å². The number of nitrogens with zero attached hydrogens (tertiary/aromatic N) is 1. The zero-order chi connectivity index (χ0) is 26.4. The minimum Gasteiger partial charge on any atom is -0.448 e. The van der Waals surface area contributed by atoms with E-state index in [4.69, 9.17) is 9.47 Å². The van der Waals surface area contributed by atoms with Crippen LogP contribution in [0.2, 0.25) is 0 Å². The number of morpholine rings is 1. The second kappa shape index (κ2) is 9.47. The maximum Gasteiger partial charge on any atom is 0.573 e. The fourth-order valence-electron chi connectivity index (χ4n) is 5.70. The predicted octanol–water partition coefficient (Wildman–Crippen LogP) is 6.53. The maximum atomic E-state index is 14.8. The van der Waals surface area contributed by atoms with Gasteiger partial charge < -0.3 is 14.2 Å². The zero-order valence-electron chi connectivity index (χ0n) is 20.1. The van der Waals surface area contributed by atoms with Crippen LogP contribution in [0.3, 0.4) is 0 Å². The van der Waals surface area contributed by atoms with Crippen LogP contribution in [0.5, 0.6) is 5.75 Å². The van der Waals surface area contributed by atoms with Crippen molar-refractivity contribution in [1.82, 2.24) is 4.90 Å². The molecule has 3 aromatic rings. The van der Waals surface area contributed by atoms with Crippen molar-refractivity contribution in [2.45, 2.75) is 30.8 Å². The van der Waals surface area contributed by atoms with Gasteiger partial charge in [-0.2, -0.15) is 0 Å². The number of ether oxygens (including phenoxy) is 3. The first-order valence-electron chi connectivity index (χ1n) is 12.3. The number of hydrogen-bond donors (Lipinski definition) is 0. The third-order valence-corrected chi connectivity index (χ3v) is 7.27. The first-order chi connectivity index (χ1) is 18.3. The summed E-state index contributed by atoms with van der Waals surface area (Å²) in [6, 6.07) is 18.3. The van der Waals surface area contributed by atoms with Crippen molar-refractivity contribution in [3.8, 4) is 16.9 Å². The van der Waals surface area contributed by atoms with Crippen LogP contribution in [-0.2, 0) is 9.47 Å². The van der Waals surface area contributed by atoms with E-state index in [1.165, 1.54) is 6.07 Å². The van der Waals surface area contributed by atoms with Crippen LogP contribution in [0.25, 0.3) is 16.7 Å². The van der Waals surface area contributed by atoms with Gasteiger partial charge in [0, 0.05) is 17.5 Å². The number of carbonyl (C=O) groups is 1. The molecular formula is C29H23F4NO4. The Bertz CT molecular complexity index is 1370. The van der Waals surface area contributed by atoms with Crippen LogP contribution in [0.15, 0.2) is 72.8 Å². The number of amides is 1. The fourth-order valence-corrected chi connectivity index (χ4v) is 5.70. The SMILES string of the molecule is O=C(OCC1c2ccccc2-c2ccccc21)N1C2C=C(c3ccc(OC(F)(F)F)cc3F)CC1COC2. The summed E-state index contributed by atoms with van der Waals surface area (Å²) in [6.45, 7) is 0.630. The van der Waals surface area contributed by atoms with Gasteiger partial charge in [-0.15, -0.1) is 13.2 Å². The Labute approximate surface area is 216 Å². The van der Waals surface area contributed by atoms with E-state index < -0.39 is 36.1 Å². The van der Waals surface area contributed by atoms with Crippen molar-refractivity contribution < 1.29 is 36.6 Å². The standard InChI is InChI=1S/C29H23F4NO4/c30-27-13-20(38-29(31,32)33)9-10-21(27)17-11-18-14-36-15-19(12-17)34(18)28(35)37-16-26-24-7-3-1-5-22(24)23-6-2-4-8-25(23)26/h1-11,13,18-19,26H,12,14-16H2. The average molecular weight is 525 g/mol. The van der Waals surface area contributed by atoms with Gasteiger partial charge in [0.05, 0.1) is 25.3 Å². The number of carbonyl (C=O) groups excluding carboxylic acids is 1. The van der Waals surface area contributed by atoms with Crippen molar-refractivity contribution in [1.29, 1.82) is 0 Å². The van der Waals surface area contributed by atoms with E-state index in [-0.39, 0.29) is 37.7 Å². The number of halogens is 4. The molecule has 2 heterocycles. The van der Waals surface area contributed by atoms with E-state index in [0.29, 0.717) is 11.6 Å². The van der Waals surface area contributed by atoms with Gasteiger partial charge in [0.25, 0.3) is 0 Å². The molecule has 1 fully saturated rings. The summed E-state index contributed by atoms with van der Waals surface area (Å²) in [7, 11) is 0. The van der Waals surface area contributed by atoms with Crippen LogP contribution >= 0.6 is 0 Å². The van der Waals surface area contributed by atoms with Crippen molar-refractivity contribution in [3.05, 3.63) is 95.3 Å². The van der Waals surface area contributed by atoms with Crippen LogP contribution in [0, 0.1) is 5.82 Å². The molecule has 0 aromatic heterocycles. The molecule has 0 saturated carbocycles. The molecule has 1 amide bonds. The molecule has 6 rings (SSSR count). The third-order valence-electron chi connectivity index (χ3n) is 7.27. The van der Waals surface area contributed by atoms with Gasteiger partial charge in [-0.3, -0.25) is 4.90 Å². The Balaban J connectivity index is 1.19. The minimum absolute atomic E-state index is 0.0788. The Morgan fingerprint density at radius 3 is 2.26 bits per heavy atom. The van der Waals surface area contributed by atoms with E-state index in [0.717, 1.165) is 28.3 Å². The van der Waals surface area contributed by atoms with Gasteiger partial charge in [-0.1, -0.05) is 54.6 Å². The topological polar surface area (TPSA) is 48.0 Å². The number of hydrogen-bond acceptors (Lipinski definition) is 4. The van der Waals surface area contributed by atoms with Crippen molar-refractivity contribution >= 4 is 11.7 Å². The number of rotatable bonds is 4. The lowest BCUT2D eigenvalue weighted by Crippen LogP contribution is -2.56. The molecule has 2 unspecified atom stereocenters. The molecule has 2 atom stereocenters. The summed E-state index contributed by atoms with van der Waals surface area (Å²) >= 11 is 0. The summed E-state index contributed by atoms with van der Waals surface area (Å²) in [5.41, 5.74) is 5.26. The molecule has 3 aliphatic rings. The van der Waals surface area contributed by atoms with Gasteiger partial charge in [0.1, 0.15) is 18.2 Å². The van der Waals surface area contributed by atoms with Crippen LogP contribution < -0.4 is 4.74 Å². The highest BCUT2D eigenvalue weighted by atomic mass is 19.4. The molecule has 0 spiro atoms. The van der Waals surface area contributed by atoms with E-state index in [9.17, 15) is 22.4 Å². The lowest BCUT2D eigenvalue weighted by molar-refractivity contribution is -0.274. The molecule has 0 radical (unpaired) electrons. The Hall–Kier alpha value is -3.85. The van der Waals surface area contributed by atoms with Crippen molar-refractivity contribution in [2.75, 3.05) is 19.8 Å². The van der Waals surface area contributed by atoms with Gasteiger partial charge in [0.2, 0.25) is 0 Å². The molecule has 2 aliphatic heterocycles. The summed E-state index contributed by atoms with van der Waals surface area (Å²) in [6.07, 6.45) is -3.39. The van der Waals surface area contributed by atoms with Crippen molar-refractivity contribution in [3.63, 3.8) is 0 Å². The lowest BCUT2D eigenvalue weighted by atomic mass is 9.90. The minimum atomic E-state index is -4.91. The highest BCUT2D eigenvalue weighted by Gasteiger charge is 2.40. The number of alkyl halides is 3. The normalized spacial score (nSPS) is 20.4. The zero-order valence-corrected chi connectivity index (χ0v) is 20.1. The molecule has 0 N–H and O–H groups in total. The monoisotopic (exact) mass is 525 g/mol. The van der Waals surface area contributed by atoms with E-state index >= 15 is 0 Å².